The summed E-state index contributed by atoms with van der Waals surface area (Å²) < 4.78 is 17.6. The van der Waals surface area contributed by atoms with Crippen molar-refractivity contribution in [2.45, 2.75) is 72.5 Å². The van der Waals surface area contributed by atoms with Crippen molar-refractivity contribution in [2.24, 2.45) is 5.41 Å². The number of allylic oxidation sites excluding steroid dienone is 1. The molecule has 0 bridgehead atoms. The average molecular weight is 405 g/mol. The summed E-state index contributed by atoms with van der Waals surface area (Å²) in [5.41, 5.74) is -0.0577. The molecular formula is C21H40O7. The molecule has 0 aromatic heterocycles. The summed E-state index contributed by atoms with van der Waals surface area (Å²) in [5, 5.41) is 29.1. The SMILES string of the molecule is CCCOC(=O)C(=C(C)C)C(CCC(CO)(CO)CO)(OCCC)OCCC. The molecule has 3 N–H and O–H groups in total. The number of aliphatic hydroxyl groups excluding tert-OH is 3. The first kappa shape index (κ1) is 27.0. The molecule has 7 nitrogen and oxygen atoms in total. The number of ether oxygens (including phenoxy) is 3. The Labute approximate surface area is 169 Å². The van der Waals surface area contributed by atoms with Gasteiger partial charge in [0.25, 0.3) is 0 Å². The lowest BCUT2D eigenvalue weighted by Gasteiger charge is -2.38. The van der Waals surface area contributed by atoms with Gasteiger partial charge < -0.3 is 29.5 Å². The summed E-state index contributed by atoms with van der Waals surface area (Å²) in [5.74, 6) is -1.85. The van der Waals surface area contributed by atoms with Crippen LogP contribution in [0.5, 0.6) is 0 Å². The van der Waals surface area contributed by atoms with E-state index in [1.165, 1.54) is 0 Å². The Morgan fingerprint density at radius 3 is 1.61 bits per heavy atom. The van der Waals surface area contributed by atoms with Gasteiger partial charge in [0.1, 0.15) is 0 Å². The van der Waals surface area contributed by atoms with Crippen molar-refractivity contribution in [3.05, 3.63) is 11.1 Å². The van der Waals surface area contributed by atoms with E-state index >= 15 is 0 Å². The van der Waals surface area contributed by atoms with Gasteiger partial charge in [-0.25, -0.2) is 4.79 Å². The highest BCUT2D eigenvalue weighted by Gasteiger charge is 2.44. The zero-order valence-corrected chi connectivity index (χ0v) is 18.3. The zero-order chi connectivity index (χ0) is 21.6. The fourth-order valence-electron chi connectivity index (χ4n) is 2.81. The van der Waals surface area contributed by atoms with E-state index in [0.29, 0.717) is 31.8 Å². The molecule has 0 amide bonds. The molecule has 0 heterocycles. The molecule has 0 spiro atoms. The Kier molecular flexibility index (Phi) is 13.6. The quantitative estimate of drug-likeness (QED) is 0.206. The van der Waals surface area contributed by atoms with E-state index in [4.69, 9.17) is 14.2 Å². The number of aliphatic hydroxyl groups is 3. The van der Waals surface area contributed by atoms with Crippen molar-refractivity contribution in [1.82, 2.24) is 0 Å². The van der Waals surface area contributed by atoms with E-state index < -0.39 is 17.2 Å². The van der Waals surface area contributed by atoms with E-state index in [2.05, 4.69) is 0 Å². The third kappa shape index (κ3) is 7.79. The molecule has 0 radical (unpaired) electrons. The van der Waals surface area contributed by atoms with E-state index in [1.807, 2.05) is 20.8 Å². The summed E-state index contributed by atoms with van der Waals surface area (Å²) in [7, 11) is 0. The van der Waals surface area contributed by atoms with Crippen molar-refractivity contribution in [3.8, 4) is 0 Å². The Bertz CT molecular complexity index is 449. The van der Waals surface area contributed by atoms with Crippen LogP contribution in [0.2, 0.25) is 0 Å². The van der Waals surface area contributed by atoms with Crippen LogP contribution in [0.1, 0.15) is 66.7 Å². The molecule has 0 aliphatic heterocycles. The van der Waals surface area contributed by atoms with Crippen molar-refractivity contribution >= 4 is 5.97 Å². The summed E-state index contributed by atoms with van der Waals surface area (Å²) in [6, 6.07) is 0. The van der Waals surface area contributed by atoms with Gasteiger partial charge in [-0.05, 0) is 39.5 Å². The fraction of sp³-hybridized carbons (Fsp3) is 0.857. The molecule has 7 heteroatoms. The van der Waals surface area contributed by atoms with Crippen LogP contribution in [0.4, 0.5) is 0 Å². The van der Waals surface area contributed by atoms with Crippen molar-refractivity contribution < 1.29 is 34.3 Å². The zero-order valence-electron chi connectivity index (χ0n) is 18.3. The number of rotatable bonds is 16. The summed E-state index contributed by atoms with van der Waals surface area (Å²) in [4.78, 5) is 12.9. The van der Waals surface area contributed by atoms with E-state index in [1.54, 1.807) is 13.8 Å². The van der Waals surface area contributed by atoms with Crippen LogP contribution in [0, 0.1) is 5.41 Å². The van der Waals surface area contributed by atoms with Crippen LogP contribution >= 0.6 is 0 Å². The van der Waals surface area contributed by atoms with Crippen LogP contribution in [0.3, 0.4) is 0 Å². The second-order valence-corrected chi connectivity index (χ2v) is 7.44. The van der Waals surface area contributed by atoms with Gasteiger partial charge in [0.2, 0.25) is 5.79 Å². The van der Waals surface area contributed by atoms with Gasteiger partial charge in [-0.3, -0.25) is 0 Å². The molecule has 0 aliphatic rings. The number of esters is 1. The highest BCUT2D eigenvalue weighted by atomic mass is 16.7. The normalized spacial score (nSPS) is 12.1. The molecule has 0 aromatic carbocycles. The lowest BCUT2D eigenvalue weighted by Crippen LogP contribution is -2.45. The van der Waals surface area contributed by atoms with Gasteiger partial charge in [-0.2, -0.15) is 0 Å². The third-order valence-corrected chi connectivity index (χ3v) is 4.59. The molecule has 0 atom stereocenters. The van der Waals surface area contributed by atoms with Gasteiger partial charge in [0.05, 0.1) is 45.2 Å². The molecule has 28 heavy (non-hydrogen) atoms. The van der Waals surface area contributed by atoms with Crippen LogP contribution in [0.15, 0.2) is 11.1 Å². The Balaban J connectivity index is 6.07. The first-order valence-corrected chi connectivity index (χ1v) is 10.3. The van der Waals surface area contributed by atoms with Crippen molar-refractivity contribution in [1.29, 1.82) is 0 Å². The smallest absolute Gasteiger partial charge is 0.339 e. The van der Waals surface area contributed by atoms with Gasteiger partial charge >= 0.3 is 5.97 Å². The third-order valence-electron chi connectivity index (χ3n) is 4.59. The Hall–Kier alpha value is -0.990. The van der Waals surface area contributed by atoms with Gasteiger partial charge in [0.15, 0.2) is 0 Å². The maximum atomic E-state index is 12.9. The molecule has 0 saturated heterocycles. The predicted molar refractivity (Wildman–Crippen MR) is 108 cm³/mol. The highest BCUT2D eigenvalue weighted by Crippen LogP contribution is 2.37. The average Bonchev–Trinajstić information content (AvgIpc) is 2.70. The topological polar surface area (TPSA) is 105 Å². The maximum absolute atomic E-state index is 12.9. The first-order valence-electron chi connectivity index (χ1n) is 10.3. The van der Waals surface area contributed by atoms with Crippen LogP contribution in [-0.4, -0.2) is 66.7 Å². The lowest BCUT2D eigenvalue weighted by atomic mass is 9.82. The molecule has 0 aliphatic carbocycles. The van der Waals surface area contributed by atoms with Gasteiger partial charge in [0, 0.05) is 11.8 Å². The van der Waals surface area contributed by atoms with E-state index in [0.717, 1.165) is 18.4 Å². The monoisotopic (exact) mass is 404 g/mol. The second-order valence-electron chi connectivity index (χ2n) is 7.44. The predicted octanol–water partition coefficient (Wildman–Crippen LogP) is 2.57. The summed E-state index contributed by atoms with van der Waals surface area (Å²) in [6.45, 7) is 9.31. The van der Waals surface area contributed by atoms with Crippen LogP contribution in [0.25, 0.3) is 0 Å². The summed E-state index contributed by atoms with van der Waals surface area (Å²) in [6.07, 6.45) is 2.55. The number of carbonyl (C=O) groups excluding carboxylic acids is 1. The molecule has 0 fully saturated rings. The minimum absolute atomic E-state index is 0.191. The van der Waals surface area contributed by atoms with E-state index in [-0.39, 0.29) is 32.7 Å². The van der Waals surface area contributed by atoms with Crippen molar-refractivity contribution in [2.75, 3.05) is 39.6 Å². The second kappa shape index (κ2) is 14.1. The molecule has 166 valence electrons. The molecule has 0 saturated carbocycles. The number of carbonyl (C=O) groups is 1. The first-order chi connectivity index (χ1) is 13.3. The van der Waals surface area contributed by atoms with Gasteiger partial charge in [-0.1, -0.05) is 26.3 Å². The standard InChI is InChI=1S/C21H40O7/c1-6-11-26-19(25)18(17(4)5)21(27-12-7-2,28-13-8-3)10-9-20(14-22,15-23)16-24/h22-24H,6-16H2,1-5H3. The maximum Gasteiger partial charge on any atom is 0.339 e. The van der Waals surface area contributed by atoms with Crippen molar-refractivity contribution in [3.63, 3.8) is 0 Å². The van der Waals surface area contributed by atoms with Gasteiger partial charge in [-0.15, -0.1) is 0 Å². The molecular weight excluding hydrogens is 364 g/mol. The van der Waals surface area contributed by atoms with E-state index in [9.17, 15) is 20.1 Å². The minimum atomic E-state index is -1.36. The fourth-order valence-corrected chi connectivity index (χ4v) is 2.81. The van der Waals surface area contributed by atoms with Crippen LogP contribution in [-0.2, 0) is 19.0 Å². The summed E-state index contributed by atoms with van der Waals surface area (Å²) >= 11 is 0. The molecule has 0 rings (SSSR count). The Morgan fingerprint density at radius 1 is 0.786 bits per heavy atom. The molecule has 0 aromatic rings. The highest BCUT2D eigenvalue weighted by molar-refractivity contribution is 5.91. The number of hydrogen-bond donors (Lipinski definition) is 3. The largest absolute Gasteiger partial charge is 0.462 e. The minimum Gasteiger partial charge on any atom is -0.462 e. The van der Waals surface area contributed by atoms with Crippen LogP contribution < -0.4 is 0 Å². The lowest BCUT2D eigenvalue weighted by molar-refractivity contribution is -0.224. The number of hydrogen-bond acceptors (Lipinski definition) is 7. The molecule has 0 unspecified atom stereocenters. The Morgan fingerprint density at radius 2 is 1.25 bits per heavy atom.